The second kappa shape index (κ2) is 27.2. The molecule has 0 radical (unpaired) electrons. The Morgan fingerprint density at radius 3 is 1.05 bits per heavy atom. The highest BCUT2D eigenvalue weighted by molar-refractivity contribution is 7.80. The highest BCUT2D eigenvalue weighted by Gasteiger charge is 2.26. The van der Waals surface area contributed by atoms with E-state index in [4.69, 9.17) is 18.1 Å². The highest BCUT2D eigenvalue weighted by Crippen LogP contribution is 2.50. The predicted molar refractivity (Wildman–Crippen MR) is 156 cm³/mol. The number of phosphoric acid groups is 1. The summed E-state index contributed by atoms with van der Waals surface area (Å²) < 4.78 is 63.9. The van der Waals surface area contributed by atoms with E-state index in [0.29, 0.717) is 26.1 Å². The summed E-state index contributed by atoms with van der Waals surface area (Å²) in [5.41, 5.74) is 0. The minimum absolute atomic E-state index is 0.0994. The van der Waals surface area contributed by atoms with Gasteiger partial charge in [-0.15, -0.1) is 0 Å². The van der Waals surface area contributed by atoms with Gasteiger partial charge in [-0.25, -0.2) is 8.75 Å². The molecule has 38 heavy (non-hydrogen) atoms. The van der Waals surface area contributed by atoms with Crippen molar-refractivity contribution in [3.63, 3.8) is 0 Å². The highest BCUT2D eigenvalue weighted by atomic mass is 32.3. The molecule has 0 aliphatic rings. The lowest BCUT2D eigenvalue weighted by atomic mass is 10.1. The predicted octanol–water partition coefficient (Wildman–Crippen LogP) is 9.59. The second-order valence-corrected chi connectivity index (χ2v) is 13.0. The van der Waals surface area contributed by atoms with E-state index in [1.54, 1.807) is 0 Å². The van der Waals surface area contributed by atoms with Crippen molar-refractivity contribution in [2.24, 2.45) is 0 Å². The zero-order chi connectivity index (χ0) is 28.2. The van der Waals surface area contributed by atoms with Crippen LogP contribution in [0.2, 0.25) is 0 Å². The standard InChI is InChI=1S/C28H59O8PS/c1-3-5-7-9-11-13-15-17-19-21-25-33-37(29,35-27-23-24-28-36-38(30,31)32)34-26-22-20-18-16-14-12-10-8-6-4-2/h3-28H2,1-2H3,(H,30,31,32). The Morgan fingerprint density at radius 1 is 0.474 bits per heavy atom. The van der Waals surface area contributed by atoms with E-state index in [2.05, 4.69) is 18.0 Å². The summed E-state index contributed by atoms with van der Waals surface area (Å²) in [7, 11) is -8.11. The molecule has 0 atom stereocenters. The first-order chi connectivity index (χ1) is 18.3. The van der Waals surface area contributed by atoms with Crippen molar-refractivity contribution in [1.29, 1.82) is 0 Å². The number of phosphoric ester groups is 1. The summed E-state index contributed by atoms with van der Waals surface area (Å²) in [6.45, 7) is 5.07. The molecule has 0 unspecified atom stereocenters. The number of rotatable bonds is 31. The van der Waals surface area contributed by atoms with Crippen LogP contribution in [-0.4, -0.2) is 39.4 Å². The normalized spacial score (nSPS) is 12.4. The molecule has 10 heteroatoms. The van der Waals surface area contributed by atoms with Crippen LogP contribution in [0.3, 0.4) is 0 Å². The summed E-state index contributed by atoms with van der Waals surface area (Å²) in [6.07, 6.45) is 24.9. The molecule has 8 nitrogen and oxygen atoms in total. The zero-order valence-corrected chi connectivity index (χ0v) is 26.3. The molecular weight excluding hydrogens is 527 g/mol. The van der Waals surface area contributed by atoms with Gasteiger partial charge in [-0.1, -0.05) is 129 Å². The van der Waals surface area contributed by atoms with Gasteiger partial charge in [0.25, 0.3) is 0 Å². The Morgan fingerprint density at radius 2 is 0.737 bits per heavy atom. The topological polar surface area (TPSA) is 108 Å². The molecular formula is C28H59O8PS. The molecule has 230 valence electrons. The fraction of sp³-hybridized carbons (Fsp3) is 1.00. The van der Waals surface area contributed by atoms with Gasteiger partial charge >= 0.3 is 18.2 Å². The van der Waals surface area contributed by atoms with Crippen LogP contribution in [-0.2, 0) is 32.7 Å². The van der Waals surface area contributed by atoms with Crippen LogP contribution < -0.4 is 0 Å². The molecule has 0 saturated carbocycles. The maximum Gasteiger partial charge on any atom is 0.474 e. The fourth-order valence-electron chi connectivity index (χ4n) is 4.19. The molecule has 0 rings (SSSR count). The molecule has 0 aromatic carbocycles. The van der Waals surface area contributed by atoms with E-state index in [1.807, 2.05) is 0 Å². The van der Waals surface area contributed by atoms with Crippen LogP contribution >= 0.6 is 7.82 Å². The van der Waals surface area contributed by atoms with E-state index in [1.165, 1.54) is 89.9 Å². The molecule has 0 aromatic heterocycles. The zero-order valence-electron chi connectivity index (χ0n) is 24.5. The van der Waals surface area contributed by atoms with E-state index in [9.17, 15) is 13.0 Å². The van der Waals surface area contributed by atoms with Gasteiger partial charge in [-0.2, -0.15) is 8.42 Å². The van der Waals surface area contributed by atoms with Crippen LogP contribution in [0.25, 0.3) is 0 Å². The summed E-state index contributed by atoms with van der Waals surface area (Å²) in [6, 6.07) is 0. The lowest BCUT2D eigenvalue weighted by Gasteiger charge is -2.18. The molecule has 0 aliphatic carbocycles. The van der Waals surface area contributed by atoms with Crippen molar-refractivity contribution >= 4 is 18.2 Å². The smallest absolute Gasteiger partial charge is 0.287 e. The maximum atomic E-state index is 13.1. The molecule has 0 spiro atoms. The van der Waals surface area contributed by atoms with E-state index in [0.717, 1.165) is 38.5 Å². The summed E-state index contributed by atoms with van der Waals surface area (Å²) >= 11 is 0. The van der Waals surface area contributed by atoms with Crippen LogP contribution in [0.1, 0.15) is 155 Å². The summed E-state index contributed by atoms with van der Waals surface area (Å²) in [5.74, 6) is 0. The Kier molecular flexibility index (Phi) is 27.2. The molecule has 0 amide bonds. The number of unbranched alkanes of at least 4 members (excludes halogenated alkanes) is 19. The lowest BCUT2D eigenvalue weighted by molar-refractivity contribution is 0.107. The van der Waals surface area contributed by atoms with Crippen molar-refractivity contribution in [3.8, 4) is 0 Å². The summed E-state index contributed by atoms with van der Waals surface area (Å²) in [4.78, 5) is 0. The van der Waals surface area contributed by atoms with Gasteiger partial charge in [-0.3, -0.25) is 18.1 Å². The van der Waals surface area contributed by atoms with Gasteiger partial charge in [0.05, 0.1) is 26.4 Å². The number of hydrogen-bond acceptors (Lipinski definition) is 7. The van der Waals surface area contributed by atoms with Gasteiger partial charge in [0, 0.05) is 0 Å². The van der Waals surface area contributed by atoms with Crippen molar-refractivity contribution in [3.05, 3.63) is 0 Å². The minimum Gasteiger partial charge on any atom is -0.287 e. The summed E-state index contributed by atoms with van der Waals surface area (Å²) in [5, 5.41) is 0. The van der Waals surface area contributed by atoms with Crippen molar-refractivity contribution < 1.29 is 35.3 Å². The molecule has 0 saturated heterocycles. The van der Waals surface area contributed by atoms with Gasteiger partial charge in [0.2, 0.25) is 0 Å². The van der Waals surface area contributed by atoms with Crippen LogP contribution in [0, 0.1) is 0 Å². The van der Waals surface area contributed by atoms with Crippen molar-refractivity contribution in [2.75, 3.05) is 26.4 Å². The van der Waals surface area contributed by atoms with Crippen molar-refractivity contribution in [2.45, 2.75) is 155 Å². The first kappa shape index (κ1) is 38.0. The molecule has 1 N–H and O–H groups in total. The Bertz CT molecular complexity index is 615. The largest absolute Gasteiger partial charge is 0.474 e. The molecule has 0 aromatic rings. The van der Waals surface area contributed by atoms with Crippen molar-refractivity contribution in [1.82, 2.24) is 0 Å². The maximum absolute atomic E-state index is 13.1. The quantitative estimate of drug-likeness (QED) is 0.0486. The average molecular weight is 587 g/mol. The van der Waals surface area contributed by atoms with Gasteiger partial charge in [0.15, 0.2) is 0 Å². The Hall–Kier alpha value is -0.0200. The van der Waals surface area contributed by atoms with Crippen LogP contribution in [0.5, 0.6) is 0 Å². The first-order valence-electron chi connectivity index (χ1n) is 15.5. The molecule has 0 fully saturated rings. The molecule has 0 heterocycles. The Balaban J connectivity index is 4.11. The molecule has 0 aliphatic heterocycles. The first-order valence-corrected chi connectivity index (χ1v) is 18.3. The lowest BCUT2D eigenvalue weighted by Crippen LogP contribution is -2.07. The van der Waals surface area contributed by atoms with Gasteiger partial charge < -0.3 is 0 Å². The SMILES string of the molecule is CCCCCCCCCCCCOP(=O)(OCCCCCCCCCCCC)OCCCCOS(=O)(=O)O. The third-order valence-corrected chi connectivity index (χ3v) is 8.48. The fourth-order valence-corrected chi connectivity index (χ4v) is 5.80. The average Bonchev–Trinajstić information content (AvgIpc) is 2.87. The monoisotopic (exact) mass is 586 g/mol. The minimum atomic E-state index is -4.44. The van der Waals surface area contributed by atoms with Gasteiger partial charge in [-0.05, 0) is 25.7 Å². The van der Waals surface area contributed by atoms with Crippen LogP contribution in [0.15, 0.2) is 0 Å². The van der Waals surface area contributed by atoms with E-state index >= 15 is 0 Å². The Labute approximate surface area is 234 Å². The molecule has 0 bridgehead atoms. The van der Waals surface area contributed by atoms with E-state index in [-0.39, 0.29) is 13.2 Å². The number of hydrogen-bond donors (Lipinski definition) is 1. The third kappa shape index (κ3) is 29.0. The van der Waals surface area contributed by atoms with Gasteiger partial charge in [0.1, 0.15) is 0 Å². The third-order valence-electron chi connectivity index (χ3n) is 6.51. The second-order valence-electron chi connectivity index (χ2n) is 10.3. The van der Waals surface area contributed by atoms with Crippen LogP contribution in [0.4, 0.5) is 0 Å². The van der Waals surface area contributed by atoms with E-state index < -0.39 is 18.2 Å².